The van der Waals surface area contributed by atoms with Gasteiger partial charge in [0.25, 0.3) is 0 Å². The highest BCUT2D eigenvalue weighted by molar-refractivity contribution is 5.70. The van der Waals surface area contributed by atoms with Crippen LogP contribution >= 0.6 is 0 Å². The lowest BCUT2D eigenvalue weighted by Gasteiger charge is -2.38. The molecule has 6 bridgehead atoms. The molecule has 1 N–H and O–H groups in total. The summed E-state index contributed by atoms with van der Waals surface area (Å²) in [5.41, 5.74) is 6.15. The maximum Gasteiger partial charge on any atom is 0.208 e. The first-order chi connectivity index (χ1) is 23.8. The molecule has 4 aliphatic rings. The molecule has 0 saturated carbocycles. The van der Waals surface area contributed by atoms with Crippen LogP contribution in [0.15, 0.2) is 48.5 Å². The number of hydrogen-bond acceptors (Lipinski definition) is 10. The molecule has 10 heteroatoms. The zero-order valence-electron chi connectivity index (χ0n) is 29.2. The van der Waals surface area contributed by atoms with Gasteiger partial charge in [-0.2, -0.15) is 0 Å². The fourth-order valence-corrected chi connectivity index (χ4v) is 7.63. The van der Waals surface area contributed by atoms with E-state index < -0.39 is 0 Å². The number of benzene rings is 4. The van der Waals surface area contributed by atoms with Gasteiger partial charge in [0.2, 0.25) is 11.5 Å². The molecule has 4 aromatic rings. The van der Waals surface area contributed by atoms with E-state index in [-0.39, 0.29) is 17.8 Å². The van der Waals surface area contributed by atoms with E-state index in [1.54, 1.807) is 41.6 Å². The lowest BCUT2D eigenvalue weighted by atomic mass is 9.86. The second kappa shape index (κ2) is 13.2. The minimum absolute atomic E-state index is 0.107. The third kappa shape index (κ3) is 5.72. The van der Waals surface area contributed by atoms with E-state index in [9.17, 15) is 5.11 Å². The van der Waals surface area contributed by atoms with E-state index >= 15 is 0 Å². The summed E-state index contributed by atoms with van der Waals surface area (Å²) in [7, 11) is 12.3. The number of ether oxygens (including phenoxy) is 7. The van der Waals surface area contributed by atoms with Crippen LogP contribution in [0.3, 0.4) is 0 Å². The molecule has 0 spiro atoms. The molecule has 0 radical (unpaired) electrons. The SMILES string of the molecule is COc1cc(O)c2cc1Oc1ccc(cc1)CC1c3cc(c(OC)cc3CCN1C)Oc1c(OC)c(OC)c(OC)c3c1[C@H](C2)N(C)CC3. The third-order valence-electron chi connectivity index (χ3n) is 10.3. The van der Waals surface area contributed by atoms with E-state index in [1.165, 1.54) is 16.7 Å². The normalized spacial score (nSPS) is 18.7. The maximum absolute atomic E-state index is 11.3. The van der Waals surface area contributed by atoms with Gasteiger partial charge in [-0.3, -0.25) is 9.80 Å². The molecule has 0 aromatic heterocycles. The molecule has 4 aliphatic heterocycles. The standard InChI is InChI=1S/C39H44N2O8/c1-40-14-12-23-18-31(43-3)34-20-27(23)28(40)16-22-8-10-25(11-9-22)48-33-19-24(30(42)21-32(33)44-4)17-29-35-26(13-15-41(29)2)36(45-5)38(46-6)39(47-7)37(35)49-34/h8-11,18-21,28-29,42H,12-17H2,1-7H3/t28?,29-/m0/s1. The summed E-state index contributed by atoms with van der Waals surface area (Å²) >= 11 is 0. The van der Waals surface area contributed by atoms with Crippen molar-refractivity contribution in [3.8, 4) is 57.5 Å². The Balaban J connectivity index is 1.51. The quantitative estimate of drug-likeness (QED) is 0.243. The molecule has 10 nitrogen and oxygen atoms in total. The van der Waals surface area contributed by atoms with Crippen molar-refractivity contribution in [3.05, 3.63) is 81.9 Å². The second-order valence-electron chi connectivity index (χ2n) is 12.9. The first-order valence-corrected chi connectivity index (χ1v) is 16.6. The molecule has 1 unspecified atom stereocenters. The van der Waals surface area contributed by atoms with Crippen molar-refractivity contribution in [3.63, 3.8) is 0 Å². The lowest BCUT2D eigenvalue weighted by molar-refractivity contribution is 0.215. The van der Waals surface area contributed by atoms with Crippen LogP contribution in [0, 0.1) is 0 Å². The smallest absolute Gasteiger partial charge is 0.208 e. The average molecular weight is 669 g/mol. The minimum atomic E-state index is -0.250. The van der Waals surface area contributed by atoms with Gasteiger partial charge in [-0.1, -0.05) is 12.1 Å². The number of aromatic hydroxyl groups is 1. The first kappa shape index (κ1) is 32.7. The molecular formula is C39H44N2O8. The van der Waals surface area contributed by atoms with E-state index in [2.05, 4.69) is 48.2 Å². The largest absolute Gasteiger partial charge is 0.508 e. The minimum Gasteiger partial charge on any atom is -0.508 e. The molecule has 258 valence electrons. The number of fused-ring (bicyclic) bond motifs is 2. The van der Waals surface area contributed by atoms with Crippen molar-refractivity contribution in [2.24, 2.45) is 0 Å². The summed E-state index contributed by atoms with van der Waals surface area (Å²) in [6.45, 7) is 1.67. The highest BCUT2D eigenvalue weighted by atomic mass is 16.6. The Morgan fingerprint density at radius 1 is 0.653 bits per heavy atom. The van der Waals surface area contributed by atoms with E-state index in [0.29, 0.717) is 70.2 Å². The Bertz CT molecular complexity index is 1880. The van der Waals surface area contributed by atoms with Gasteiger partial charge in [-0.15, -0.1) is 0 Å². The Morgan fingerprint density at radius 2 is 1.31 bits per heavy atom. The highest BCUT2D eigenvalue weighted by Gasteiger charge is 2.38. The monoisotopic (exact) mass is 668 g/mol. The summed E-state index contributed by atoms with van der Waals surface area (Å²) in [5.74, 6) is 4.98. The Hall–Kier alpha value is -4.80. The van der Waals surface area contributed by atoms with Crippen molar-refractivity contribution in [1.82, 2.24) is 9.80 Å². The van der Waals surface area contributed by atoms with Crippen LogP contribution in [0.2, 0.25) is 0 Å². The van der Waals surface area contributed by atoms with Crippen LogP contribution in [0.1, 0.15) is 45.5 Å². The van der Waals surface area contributed by atoms with Crippen LogP contribution in [0.4, 0.5) is 0 Å². The van der Waals surface area contributed by atoms with Gasteiger partial charge in [0.15, 0.2) is 34.5 Å². The lowest BCUT2D eigenvalue weighted by Crippen LogP contribution is -2.34. The van der Waals surface area contributed by atoms with Crippen LogP contribution in [0.25, 0.3) is 0 Å². The molecule has 0 aliphatic carbocycles. The summed E-state index contributed by atoms with van der Waals surface area (Å²) in [6, 6.07) is 15.8. The Morgan fingerprint density at radius 3 is 2.00 bits per heavy atom. The fraction of sp³-hybridized carbons (Fsp3) is 0.385. The number of likely N-dealkylation sites (N-methyl/N-ethyl adjacent to an activating group) is 2. The number of methoxy groups -OCH3 is 5. The molecule has 49 heavy (non-hydrogen) atoms. The maximum atomic E-state index is 11.3. The zero-order valence-corrected chi connectivity index (χ0v) is 29.2. The van der Waals surface area contributed by atoms with Gasteiger partial charge in [0, 0.05) is 42.4 Å². The van der Waals surface area contributed by atoms with Crippen molar-refractivity contribution in [1.29, 1.82) is 0 Å². The Labute approximate surface area is 287 Å². The molecule has 4 heterocycles. The molecule has 8 rings (SSSR count). The average Bonchev–Trinajstić information content (AvgIpc) is 3.11. The van der Waals surface area contributed by atoms with Crippen molar-refractivity contribution >= 4 is 0 Å². The van der Waals surface area contributed by atoms with Gasteiger partial charge < -0.3 is 38.3 Å². The van der Waals surface area contributed by atoms with Gasteiger partial charge in [-0.25, -0.2) is 0 Å². The van der Waals surface area contributed by atoms with Crippen LogP contribution < -0.4 is 33.2 Å². The molecular weight excluding hydrogens is 624 g/mol. The van der Waals surface area contributed by atoms with Crippen molar-refractivity contribution < 1.29 is 38.3 Å². The number of phenolic OH excluding ortho intramolecular Hbond substituents is 1. The van der Waals surface area contributed by atoms with E-state index in [4.69, 9.17) is 33.2 Å². The molecule has 0 amide bonds. The van der Waals surface area contributed by atoms with E-state index in [0.717, 1.165) is 37.1 Å². The van der Waals surface area contributed by atoms with Crippen LogP contribution in [0.5, 0.6) is 57.5 Å². The van der Waals surface area contributed by atoms with E-state index in [1.807, 2.05) is 18.2 Å². The summed E-state index contributed by atoms with van der Waals surface area (Å²) in [4.78, 5) is 4.66. The number of rotatable bonds is 5. The van der Waals surface area contributed by atoms with Crippen molar-refractivity contribution in [2.45, 2.75) is 37.8 Å². The Kier molecular flexibility index (Phi) is 8.85. The highest BCUT2D eigenvalue weighted by Crippen LogP contribution is 2.56. The second-order valence-corrected chi connectivity index (χ2v) is 12.9. The first-order valence-electron chi connectivity index (χ1n) is 16.6. The predicted molar refractivity (Wildman–Crippen MR) is 186 cm³/mol. The number of nitrogens with zero attached hydrogens (tertiary/aromatic N) is 2. The molecule has 0 saturated heterocycles. The van der Waals surface area contributed by atoms with Crippen LogP contribution in [-0.2, 0) is 25.7 Å². The number of hydrogen-bond donors (Lipinski definition) is 1. The molecule has 0 fully saturated rings. The number of phenols is 1. The zero-order chi connectivity index (χ0) is 34.4. The predicted octanol–water partition coefficient (Wildman–Crippen LogP) is 6.88. The fourth-order valence-electron chi connectivity index (χ4n) is 7.63. The van der Waals surface area contributed by atoms with Gasteiger partial charge >= 0.3 is 0 Å². The van der Waals surface area contributed by atoms with Crippen molar-refractivity contribution in [2.75, 3.05) is 62.7 Å². The topological polar surface area (TPSA) is 91.3 Å². The summed E-state index contributed by atoms with van der Waals surface area (Å²) < 4.78 is 43.1. The third-order valence-corrected chi connectivity index (χ3v) is 10.3. The van der Waals surface area contributed by atoms with Gasteiger partial charge in [0.1, 0.15) is 11.5 Å². The van der Waals surface area contributed by atoms with Gasteiger partial charge in [0.05, 0.1) is 35.5 Å². The summed E-state index contributed by atoms with van der Waals surface area (Å²) in [6.07, 6.45) is 2.81. The summed E-state index contributed by atoms with van der Waals surface area (Å²) in [5, 5.41) is 11.3. The van der Waals surface area contributed by atoms with Gasteiger partial charge in [-0.05, 0) is 92.4 Å². The molecule has 4 aromatic carbocycles. The van der Waals surface area contributed by atoms with Crippen LogP contribution in [-0.4, -0.2) is 77.6 Å². The molecule has 2 atom stereocenters.